The first-order chi connectivity index (χ1) is 8.89. The first kappa shape index (κ1) is 13.4. The molecule has 1 aromatic carbocycles. The molecule has 4 heteroatoms. The number of aromatic hydroxyl groups is 1. The Bertz CT molecular complexity index is 572. The van der Waals surface area contributed by atoms with Crippen molar-refractivity contribution in [1.82, 2.24) is 0 Å². The molecule has 3 rings (SSSR count). The number of phenols is 1. The van der Waals surface area contributed by atoms with Crippen LogP contribution in [-0.2, 0) is 4.79 Å². The molecule has 1 fully saturated rings. The second-order valence-electron chi connectivity index (χ2n) is 5.67. The third-order valence-corrected chi connectivity index (χ3v) is 5.58. The van der Waals surface area contributed by atoms with Gasteiger partial charge in [0.05, 0.1) is 4.48 Å². The van der Waals surface area contributed by atoms with E-state index in [1.807, 2.05) is 12.1 Å². The van der Waals surface area contributed by atoms with Crippen LogP contribution in [0.1, 0.15) is 25.3 Å². The number of carbonyl (C=O) groups is 1. The average molecular weight is 386 g/mol. The zero-order valence-corrected chi connectivity index (χ0v) is 13.7. The molecule has 2 aliphatic rings. The van der Waals surface area contributed by atoms with Gasteiger partial charge in [-0.2, -0.15) is 0 Å². The highest BCUT2D eigenvalue weighted by Gasteiger charge is 2.51. The molecule has 2 aliphatic carbocycles. The van der Waals surface area contributed by atoms with Crippen molar-refractivity contribution < 1.29 is 9.90 Å². The fourth-order valence-corrected chi connectivity index (χ4v) is 4.82. The number of hydrogen-bond donors (Lipinski definition) is 1. The Morgan fingerprint density at radius 1 is 1.21 bits per heavy atom. The molecular formula is C15H14Br2O2. The third-order valence-electron chi connectivity index (χ3n) is 4.12. The number of rotatable bonds is 1. The highest BCUT2D eigenvalue weighted by molar-refractivity contribution is 9.12. The van der Waals surface area contributed by atoms with Crippen molar-refractivity contribution >= 4 is 43.2 Å². The molecule has 0 saturated heterocycles. The van der Waals surface area contributed by atoms with Crippen molar-refractivity contribution in [2.45, 2.75) is 24.1 Å². The number of Topliss-reactive ketones (excluding diaryl/α,β-unsaturated/α-hetero) is 1. The number of carbonyl (C=O) groups excluding carboxylic acids is 1. The zero-order chi connectivity index (χ0) is 13.8. The van der Waals surface area contributed by atoms with Crippen molar-refractivity contribution in [2.24, 2.45) is 11.8 Å². The second-order valence-corrected chi connectivity index (χ2v) is 8.38. The predicted octanol–water partition coefficient (Wildman–Crippen LogP) is 4.26. The maximum Gasteiger partial charge on any atom is 0.173 e. The summed E-state index contributed by atoms with van der Waals surface area (Å²) in [6.07, 6.45) is 1.85. The van der Waals surface area contributed by atoms with Crippen molar-refractivity contribution in [1.29, 1.82) is 0 Å². The zero-order valence-electron chi connectivity index (χ0n) is 10.5. The van der Waals surface area contributed by atoms with Crippen molar-refractivity contribution in [3.63, 3.8) is 0 Å². The third kappa shape index (κ3) is 2.19. The van der Waals surface area contributed by atoms with Gasteiger partial charge in [-0.1, -0.05) is 28.1 Å². The van der Waals surface area contributed by atoms with Gasteiger partial charge in [-0.25, -0.2) is 0 Å². The molecule has 0 amide bonds. The molecule has 0 unspecified atom stereocenters. The molecule has 1 aromatic rings. The van der Waals surface area contributed by atoms with E-state index in [0.29, 0.717) is 0 Å². The maximum atomic E-state index is 12.4. The summed E-state index contributed by atoms with van der Waals surface area (Å²) in [5.74, 6) is 0.827. The number of phenolic OH excluding ortho intramolecular Hbond substituents is 1. The number of halogens is 2. The summed E-state index contributed by atoms with van der Waals surface area (Å²) >= 11 is 7.20. The molecule has 0 heterocycles. The van der Waals surface area contributed by atoms with Crippen LogP contribution in [0.2, 0.25) is 0 Å². The number of hydrogen-bond acceptors (Lipinski definition) is 2. The number of fused-ring (bicyclic) bond motifs is 1. The summed E-state index contributed by atoms with van der Waals surface area (Å²) in [5, 5.41) is 9.39. The fourth-order valence-electron chi connectivity index (χ4n) is 3.30. The normalized spacial score (nSPS) is 33.9. The van der Waals surface area contributed by atoms with Gasteiger partial charge in [-0.3, -0.25) is 4.79 Å². The maximum absolute atomic E-state index is 12.4. The van der Waals surface area contributed by atoms with E-state index in [0.717, 1.165) is 28.5 Å². The van der Waals surface area contributed by atoms with Gasteiger partial charge in [-0.15, -0.1) is 0 Å². The standard InChI is InChI=1S/C15H14Br2O2/c1-15(17)6-10-11(7-15)14(19)13(16)12(10)8-2-4-9(18)5-3-8/h2-5,10-11,18H,6-7H2,1H3/t10-,11+,15-/m0/s1. The van der Waals surface area contributed by atoms with Crippen LogP contribution in [0.3, 0.4) is 0 Å². The molecule has 1 saturated carbocycles. The Kier molecular flexibility index (Phi) is 3.13. The SMILES string of the molecule is C[C@]1(Br)C[C@@H]2C(c3ccc(O)cc3)=C(Br)C(=O)[C@@H]2C1. The number of ketones is 1. The van der Waals surface area contributed by atoms with Crippen LogP contribution < -0.4 is 0 Å². The summed E-state index contributed by atoms with van der Waals surface area (Å²) in [7, 11) is 0. The lowest BCUT2D eigenvalue weighted by Gasteiger charge is -2.17. The minimum absolute atomic E-state index is 0.0495. The van der Waals surface area contributed by atoms with Gasteiger partial charge in [0.2, 0.25) is 0 Å². The van der Waals surface area contributed by atoms with Gasteiger partial charge >= 0.3 is 0 Å². The van der Waals surface area contributed by atoms with E-state index >= 15 is 0 Å². The van der Waals surface area contributed by atoms with E-state index in [4.69, 9.17) is 0 Å². The number of benzene rings is 1. The molecule has 0 aliphatic heterocycles. The van der Waals surface area contributed by atoms with Gasteiger partial charge in [0, 0.05) is 10.2 Å². The van der Waals surface area contributed by atoms with E-state index in [1.165, 1.54) is 0 Å². The van der Waals surface area contributed by atoms with E-state index < -0.39 is 0 Å². The summed E-state index contributed by atoms with van der Waals surface area (Å²) in [6, 6.07) is 7.10. The lowest BCUT2D eigenvalue weighted by atomic mass is 9.90. The molecule has 1 N–H and O–H groups in total. The van der Waals surface area contributed by atoms with Crippen molar-refractivity contribution in [3.8, 4) is 5.75 Å². The smallest absolute Gasteiger partial charge is 0.173 e. The van der Waals surface area contributed by atoms with Crippen LogP contribution in [-0.4, -0.2) is 15.2 Å². The first-order valence-electron chi connectivity index (χ1n) is 6.31. The molecule has 0 spiro atoms. The monoisotopic (exact) mass is 384 g/mol. The summed E-state index contributed by atoms with van der Waals surface area (Å²) in [4.78, 5) is 12.4. The fraction of sp³-hybridized carbons (Fsp3) is 0.400. The van der Waals surface area contributed by atoms with Crippen molar-refractivity contribution in [3.05, 3.63) is 34.3 Å². The Labute approximate surface area is 129 Å². The molecule has 19 heavy (non-hydrogen) atoms. The van der Waals surface area contributed by atoms with Crippen LogP contribution in [0.25, 0.3) is 5.57 Å². The minimum atomic E-state index is 0.0495. The Balaban J connectivity index is 2.05. The predicted molar refractivity (Wildman–Crippen MR) is 82.5 cm³/mol. The molecule has 3 atom stereocenters. The lowest BCUT2D eigenvalue weighted by molar-refractivity contribution is -0.118. The molecular weight excluding hydrogens is 372 g/mol. The Morgan fingerprint density at radius 3 is 2.42 bits per heavy atom. The molecule has 0 radical (unpaired) electrons. The van der Waals surface area contributed by atoms with E-state index in [1.54, 1.807) is 12.1 Å². The summed E-state index contributed by atoms with van der Waals surface area (Å²) in [5.41, 5.74) is 2.12. The highest BCUT2D eigenvalue weighted by atomic mass is 79.9. The molecule has 2 nitrogen and oxygen atoms in total. The summed E-state index contributed by atoms with van der Waals surface area (Å²) < 4.78 is 0.768. The average Bonchev–Trinajstić information content (AvgIpc) is 2.76. The topological polar surface area (TPSA) is 37.3 Å². The van der Waals surface area contributed by atoms with Gasteiger partial charge in [0.15, 0.2) is 5.78 Å². The van der Waals surface area contributed by atoms with E-state index in [2.05, 4.69) is 38.8 Å². The van der Waals surface area contributed by atoms with Crippen LogP contribution in [0.5, 0.6) is 5.75 Å². The largest absolute Gasteiger partial charge is 0.508 e. The highest BCUT2D eigenvalue weighted by Crippen LogP contribution is 2.56. The molecule has 100 valence electrons. The Hall–Kier alpha value is -0.610. The van der Waals surface area contributed by atoms with E-state index in [-0.39, 0.29) is 27.7 Å². The lowest BCUT2D eigenvalue weighted by Crippen LogP contribution is -2.14. The van der Waals surface area contributed by atoms with Crippen LogP contribution in [0.4, 0.5) is 0 Å². The minimum Gasteiger partial charge on any atom is -0.508 e. The van der Waals surface area contributed by atoms with Gasteiger partial charge < -0.3 is 5.11 Å². The van der Waals surface area contributed by atoms with Gasteiger partial charge in [0.1, 0.15) is 5.75 Å². The van der Waals surface area contributed by atoms with Crippen molar-refractivity contribution in [2.75, 3.05) is 0 Å². The van der Waals surface area contributed by atoms with Gasteiger partial charge in [-0.05, 0) is 64.9 Å². The molecule has 0 aromatic heterocycles. The Morgan fingerprint density at radius 2 is 1.79 bits per heavy atom. The number of alkyl halides is 1. The number of allylic oxidation sites excluding steroid dienone is 2. The van der Waals surface area contributed by atoms with Crippen LogP contribution >= 0.6 is 31.9 Å². The van der Waals surface area contributed by atoms with E-state index in [9.17, 15) is 9.90 Å². The first-order valence-corrected chi connectivity index (χ1v) is 7.90. The summed E-state index contributed by atoms with van der Waals surface area (Å²) in [6.45, 7) is 2.15. The molecule has 0 bridgehead atoms. The van der Waals surface area contributed by atoms with Gasteiger partial charge in [0.25, 0.3) is 0 Å². The second kappa shape index (κ2) is 4.45. The quantitative estimate of drug-likeness (QED) is 0.733. The van der Waals surface area contributed by atoms with Crippen LogP contribution in [0.15, 0.2) is 28.7 Å². The van der Waals surface area contributed by atoms with Crippen LogP contribution in [0, 0.1) is 11.8 Å².